The zero-order valence-corrected chi connectivity index (χ0v) is 13.4. The van der Waals surface area contributed by atoms with Gasteiger partial charge in [0.2, 0.25) is 0 Å². The van der Waals surface area contributed by atoms with Crippen LogP contribution in [0.4, 0.5) is 4.79 Å². The first kappa shape index (κ1) is 16.8. The Hall–Kier alpha value is -1.59. The van der Waals surface area contributed by atoms with Crippen molar-refractivity contribution in [3.8, 4) is 0 Å². The van der Waals surface area contributed by atoms with Crippen molar-refractivity contribution in [2.24, 2.45) is 0 Å². The monoisotopic (exact) mass is 306 g/mol. The normalized spacial score (nSPS) is 21.7. The van der Waals surface area contributed by atoms with Crippen LogP contribution in [0.3, 0.4) is 0 Å². The van der Waals surface area contributed by atoms with Gasteiger partial charge in [-0.05, 0) is 32.3 Å². The molecule has 1 saturated carbocycles. The molecule has 5 heteroatoms. The topological polar surface area (TPSA) is 59.6 Å². The fraction of sp³-hybridized carbons (Fsp3) is 0.588. The van der Waals surface area contributed by atoms with Crippen molar-refractivity contribution in [2.75, 3.05) is 13.2 Å². The second kappa shape index (κ2) is 8.76. The maximum Gasteiger partial charge on any atom is 0.407 e. The van der Waals surface area contributed by atoms with Gasteiger partial charge in [-0.3, -0.25) is 0 Å². The summed E-state index contributed by atoms with van der Waals surface area (Å²) in [6.07, 6.45) is 1.78. The van der Waals surface area contributed by atoms with Crippen molar-refractivity contribution >= 4 is 6.09 Å². The molecule has 1 aromatic rings. The van der Waals surface area contributed by atoms with Gasteiger partial charge in [-0.25, -0.2) is 4.79 Å². The van der Waals surface area contributed by atoms with Crippen LogP contribution in [-0.4, -0.2) is 37.4 Å². The number of amides is 1. The summed E-state index contributed by atoms with van der Waals surface area (Å²) in [6, 6.07) is 10.4. The molecule has 0 heterocycles. The third-order valence-corrected chi connectivity index (χ3v) is 3.82. The van der Waals surface area contributed by atoms with E-state index in [0.29, 0.717) is 12.6 Å². The number of carbonyl (C=O) groups is 1. The molecule has 1 amide bonds. The van der Waals surface area contributed by atoms with Gasteiger partial charge in [0.25, 0.3) is 0 Å². The van der Waals surface area contributed by atoms with Crippen LogP contribution in [0.5, 0.6) is 0 Å². The molecule has 1 aliphatic rings. The Morgan fingerprint density at radius 2 is 2.00 bits per heavy atom. The van der Waals surface area contributed by atoms with Crippen molar-refractivity contribution in [3.05, 3.63) is 35.9 Å². The number of ether oxygens (including phenoxy) is 2. The predicted molar refractivity (Wildman–Crippen MR) is 85.7 cm³/mol. The third kappa shape index (κ3) is 5.66. The Labute approximate surface area is 132 Å². The maximum atomic E-state index is 11.7. The molecule has 1 aliphatic carbocycles. The van der Waals surface area contributed by atoms with E-state index in [2.05, 4.69) is 17.6 Å². The summed E-state index contributed by atoms with van der Waals surface area (Å²) in [4.78, 5) is 11.7. The predicted octanol–water partition coefficient (Wildman–Crippen LogP) is 2.46. The first-order chi connectivity index (χ1) is 10.7. The zero-order valence-electron chi connectivity index (χ0n) is 13.4. The SMILES string of the molecule is CCOC(C)CNC1CC(NC(=O)OCc2ccccc2)C1. The van der Waals surface area contributed by atoms with Crippen molar-refractivity contribution in [1.29, 1.82) is 0 Å². The Morgan fingerprint density at radius 3 is 2.68 bits per heavy atom. The average molecular weight is 306 g/mol. The van der Waals surface area contributed by atoms with Crippen LogP contribution in [0.2, 0.25) is 0 Å². The minimum absolute atomic E-state index is 0.211. The largest absolute Gasteiger partial charge is 0.445 e. The molecular weight excluding hydrogens is 280 g/mol. The minimum atomic E-state index is -0.338. The first-order valence-electron chi connectivity index (χ1n) is 7.99. The average Bonchev–Trinajstić information content (AvgIpc) is 2.48. The van der Waals surface area contributed by atoms with Gasteiger partial charge in [0.15, 0.2) is 0 Å². The molecule has 2 N–H and O–H groups in total. The number of hydrogen-bond donors (Lipinski definition) is 2. The van der Waals surface area contributed by atoms with E-state index in [1.165, 1.54) is 0 Å². The Morgan fingerprint density at radius 1 is 1.27 bits per heavy atom. The number of nitrogens with one attached hydrogen (secondary N) is 2. The van der Waals surface area contributed by atoms with Gasteiger partial charge in [0, 0.05) is 25.2 Å². The van der Waals surface area contributed by atoms with Crippen LogP contribution in [0.15, 0.2) is 30.3 Å². The second-order valence-electron chi connectivity index (χ2n) is 5.75. The summed E-state index contributed by atoms with van der Waals surface area (Å²) >= 11 is 0. The highest BCUT2D eigenvalue weighted by molar-refractivity contribution is 5.67. The van der Waals surface area contributed by atoms with Gasteiger partial charge in [-0.1, -0.05) is 30.3 Å². The number of carbonyl (C=O) groups excluding carboxylic acids is 1. The highest BCUT2D eigenvalue weighted by atomic mass is 16.5. The van der Waals surface area contributed by atoms with Crippen molar-refractivity contribution < 1.29 is 14.3 Å². The summed E-state index contributed by atoms with van der Waals surface area (Å²) < 4.78 is 10.7. The number of benzene rings is 1. The molecular formula is C17H26N2O3. The molecule has 22 heavy (non-hydrogen) atoms. The number of alkyl carbamates (subject to hydrolysis) is 1. The summed E-state index contributed by atoms with van der Waals surface area (Å²) in [5, 5.41) is 6.34. The fourth-order valence-electron chi connectivity index (χ4n) is 2.51. The van der Waals surface area contributed by atoms with E-state index in [9.17, 15) is 4.79 Å². The molecule has 1 atom stereocenters. The zero-order chi connectivity index (χ0) is 15.8. The van der Waals surface area contributed by atoms with Crippen LogP contribution >= 0.6 is 0 Å². The molecule has 122 valence electrons. The summed E-state index contributed by atoms with van der Waals surface area (Å²) in [7, 11) is 0. The highest BCUT2D eigenvalue weighted by Gasteiger charge is 2.30. The third-order valence-electron chi connectivity index (χ3n) is 3.82. The molecule has 5 nitrogen and oxygen atoms in total. The van der Waals surface area contributed by atoms with Crippen LogP contribution in [0.25, 0.3) is 0 Å². The van der Waals surface area contributed by atoms with Crippen LogP contribution in [-0.2, 0) is 16.1 Å². The van der Waals surface area contributed by atoms with E-state index in [1.54, 1.807) is 0 Å². The van der Waals surface area contributed by atoms with Gasteiger partial charge in [-0.2, -0.15) is 0 Å². The first-order valence-corrected chi connectivity index (χ1v) is 7.99. The lowest BCUT2D eigenvalue weighted by molar-refractivity contribution is 0.0687. The molecule has 0 aromatic heterocycles. The van der Waals surface area contributed by atoms with Gasteiger partial charge in [-0.15, -0.1) is 0 Å². The molecule has 0 aliphatic heterocycles. The summed E-state index contributed by atoms with van der Waals surface area (Å²) in [5.74, 6) is 0. The summed E-state index contributed by atoms with van der Waals surface area (Å²) in [5.41, 5.74) is 0.996. The molecule has 2 rings (SSSR count). The lowest BCUT2D eigenvalue weighted by atomic mass is 9.87. The van der Waals surface area contributed by atoms with Crippen molar-refractivity contribution in [3.63, 3.8) is 0 Å². The molecule has 0 radical (unpaired) electrons. The van der Waals surface area contributed by atoms with Gasteiger partial charge >= 0.3 is 6.09 Å². The Balaban J connectivity index is 1.54. The van der Waals surface area contributed by atoms with Gasteiger partial charge in [0.1, 0.15) is 6.61 Å². The van der Waals surface area contributed by atoms with E-state index in [4.69, 9.17) is 9.47 Å². The van der Waals surface area contributed by atoms with Crippen LogP contribution in [0, 0.1) is 0 Å². The van der Waals surface area contributed by atoms with E-state index >= 15 is 0 Å². The molecule has 0 saturated heterocycles. The molecule has 0 spiro atoms. The molecule has 1 fully saturated rings. The maximum absolute atomic E-state index is 11.7. The van der Waals surface area contributed by atoms with E-state index in [0.717, 1.165) is 31.6 Å². The molecule has 0 bridgehead atoms. The van der Waals surface area contributed by atoms with Gasteiger partial charge < -0.3 is 20.1 Å². The quantitative estimate of drug-likeness (QED) is 0.774. The van der Waals surface area contributed by atoms with E-state index < -0.39 is 0 Å². The van der Waals surface area contributed by atoms with Crippen LogP contribution in [0.1, 0.15) is 32.3 Å². The molecule has 1 unspecified atom stereocenters. The van der Waals surface area contributed by atoms with E-state index in [-0.39, 0.29) is 18.2 Å². The Bertz CT molecular complexity index is 446. The molecule has 1 aromatic carbocycles. The fourth-order valence-corrected chi connectivity index (χ4v) is 2.51. The Kier molecular flexibility index (Phi) is 6.68. The van der Waals surface area contributed by atoms with Gasteiger partial charge in [0.05, 0.1) is 6.10 Å². The lowest BCUT2D eigenvalue weighted by Crippen LogP contribution is -2.53. The highest BCUT2D eigenvalue weighted by Crippen LogP contribution is 2.20. The standard InChI is InChI=1S/C17H26N2O3/c1-3-21-13(2)11-18-15-9-16(10-15)19-17(20)22-12-14-7-5-4-6-8-14/h4-8,13,15-16,18H,3,9-12H2,1-2H3,(H,19,20). The van der Waals surface area contributed by atoms with E-state index in [1.807, 2.05) is 37.3 Å². The smallest absolute Gasteiger partial charge is 0.407 e. The lowest BCUT2D eigenvalue weighted by Gasteiger charge is -2.36. The summed E-state index contributed by atoms with van der Waals surface area (Å²) in [6.45, 7) is 5.97. The number of rotatable bonds is 8. The minimum Gasteiger partial charge on any atom is -0.445 e. The van der Waals surface area contributed by atoms with Crippen molar-refractivity contribution in [1.82, 2.24) is 10.6 Å². The van der Waals surface area contributed by atoms with Crippen molar-refractivity contribution in [2.45, 2.75) is 51.5 Å². The second-order valence-corrected chi connectivity index (χ2v) is 5.75. The van der Waals surface area contributed by atoms with Crippen LogP contribution < -0.4 is 10.6 Å². The number of hydrogen-bond acceptors (Lipinski definition) is 4.